The van der Waals surface area contributed by atoms with E-state index < -0.39 is 0 Å². The minimum absolute atomic E-state index is 0.0228. The van der Waals surface area contributed by atoms with Crippen molar-refractivity contribution in [2.24, 2.45) is 0 Å². The van der Waals surface area contributed by atoms with Crippen molar-refractivity contribution in [2.45, 2.75) is 26.3 Å². The Balaban J connectivity index is 2.85. The van der Waals surface area contributed by atoms with Gasteiger partial charge in [0.25, 0.3) is 0 Å². The summed E-state index contributed by atoms with van der Waals surface area (Å²) < 4.78 is 3.02. The Morgan fingerprint density at radius 3 is 2.60 bits per heavy atom. The second-order valence-electron chi connectivity index (χ2n) is 4.48. The van der Waals surface area contributed by atoms with E-state index in [-0.39, 0.29) is 5.54 Å². The normalized spacial score (nSPS) is 12.3. The fraction of sp³-hybridized carbons (Fsp3) is 0.400. The van der Waals surface area contributed by atoms with E-state index >= 15 is 0 Å². The Bertz CT molecular complexity index is 510. The van der Waals surface area contributed by atoms with Gasteiger partial charge in [0.15, 0.2) is 0 Å². The topological polar surface area (TPSA) is 56.7 Å². The van der Waals surface area contributed by atoms with Crippen molar-refractivity contribution in [3.05, 3.63) is 17.0 Å². The first-order valence-electron chi connectivity index (χ1n) is 4.69. The Hall–Kier alpha value is -1.10. The van der Waals surface area contributed by atoms with Crippen LogP contribution in [-0.4, -0.2) is 14.5 Å². The second-order valence-corrected chi connectivity index (χ2v) is 5.33. The average molecular weight is 269 g/mol. The molecule has 2 aromatic heterocycles. The quantitative estimate of drug-likeness (QED) is 0.799. The van der Waals surface area contributed by atoms with Gasteiger partial charge in [0.2, 0.25) is 0 Å². The summed E-state index contributed by atoms with van der Waals surface area (Å²) in [4.78, 5) is 8.26. The van der Waals surface area contributed by atoms with Crippen LogP contribution in [0, 0.1) is 0 Å². The number of nitrogens with zero attached hydrogens (tertiary/aromatic N) is 3. The summed E-state index contributed by atoms with van der Waals surface area (Å²) in [6.45, 7) is 6.37. The van der Waals surface area contributed by atoms with E-state index in [2.05, 4.69) is 51.2 Å². The summed E-state index contributed by atoms with van der Waals surface area (Å²) in [5.74, 6) is 0.509. The SMILES string of the molecule is CC(C)(C)n1cc(Br)c2c(N)ncnc21. The molecular weight excluding hydrogens is 256 g/mol. The fourth-order valence-corrected chi connectivity index (χ4v) is 2.14. The van der Waals surface area contributed by atoms with Gasteiger partial charge in [-0.2, -0.15) is 0 Å². The first-order valence-corrected chi connectivity index (χ1v) is 5.48. The maximum Gasteiger partial charge on any atom is 0.147 e. The van der Waals surface area contributed by atoms with Gasteiger partial charge in [0.05, 0.1) is 5.39 Å². The summed E-state index contributed by atoms with van der Waals surface area (Å²) in [5, 5.41) is 0.882. The summed E-state index contributed by atoms with van der Waals surface area (Å²) in [6.07, 6.45) is 3.49. The summed E-state index contributed by atoms with van der Waals surface area (Å²) >= 11 is 3.48. The molecule has 0 amide bonds. The van der Waals surface area contributed by atoms with Crippen molar-refractivity contribution in [1.29, 1.82) is 0 Å². The monoisotopic (exact) mass is 268 g/mol. The zero-order valence-corrected chi connectivity index (χ0v) is 10.5. The van der Waals surface area contributed by atoms with Crippen LogP contribution in [0.1, 0.15) is 20.8 Å². The Kier molecular flexibility index (Phi) is 2.22. The lowest BCUT2D eigenvalue weighted by molar-refractivity contribution is 0.408. The number of anilines is 1. The number of fused-ring (bicyclic) bond motifs is 1. The molecule has 0 aliphatic heterocycles. The molecule has 0 atom stereocenters. The van der Waals surface area contributed by atoms with Crippen LogP contribution in [0.25, 0.3) is 11.0 Å². The molecule has 0 saturated carbocycles. The number of nitrogen functional groups attached to an aromatic ring is 1. The maximum absolute atomic E-state index is 5.82. The van der Waals surface area contributed by atoms with E-state index in [9.17, 15) is 0 Å². The minimum Gasteiger partial charge on any atom is -0.383 e. The third-order valence-electron chi connectivity index (χ3n) is 2.29. The van der Waals surface area contributed by atoms with Gasteiger partial charge < -0.3 is 10.3 Å². The highest BCUT2D eigenvalue weighted by Gasteiger charge is 2.19. The molecule has 2 heterocycles. The number of hydrogen-bond donors (Lipinski definition) is 1. The molecule has 2 rings (SSSR count). The van der Waals surface area contributed by atoms with E-state index in [1.807, 2.05) is 6.20 Å². The Labute approximate surface area is 96.6 Å². The van der Waals surface area contributed by atoms with Gasteiger partial charge in [-0.25, -0.2) is 9.97 Å². The molecule has 15 heavy (non-hydrogen) atoms. The summed E-state index contributed by atoms with van der Waals surface area (Å²) in [7, 11) is 0. The lowest BCUT2D eigenvalue weighted by Crippen LogP contribution is -2.21. The molecule has 4 nitrogen and oxygen atoms in total. The molecular formula is C10H13BrN4. The molecule has 0 fully saturated rings. The molecule has 0 radical (unpaired) electrons. The number of halogens is 1. The van der Waals surface area contributed by atoms with Gasteiger partial charge in [-0.15, -0.1) is 0 Å². The predicted octanol–water partition coefficient (Wildman–Crippen LogP) is 2.53. The van der Waals surface area contributed by atoms with Crippen LogP contribution >= 0.6 is 15.9 Å². The lowest BCUT2D eigenvalue weighted by atomic mass is 10.1. The Morgan fingerprint density at radius 2 is 2.00 bits per heavy atom. The van der Waals surface area contributed by atoms with Crippen LogP contribution in [-0.2, 0) is 5.54 Å². The second kappa shape index (κ2) is 3.20. The highest BCUT2D eigenvalue weighted by atomic mass is 79.9. The third-order valence-corrected chi connectivity index (χ3v) is 2.89. The molecule has 0 aliphatic carbocycles. The summed E-state index contributed by atoms with van der Waals surface area (Å²) in [6, 6.07) is 0. The van der Waals surface area contributed by atoms with Gasteiger partial charge in [0, 0.05) is 16.2 Å². The van der Waals surface area contributed by atoms with Crippen LogP contribution in [0.4, 0.5) is 5.82 Å². The summed E-state index contributed by atoms with van der Waals surface area (Å²) in [5.41, 5.74) is 6.66. The molecule has 2 N–H and O–H groups in total. The van der Waals surface area contributed by atoms with E-state index in [1.165, 1.54) is 6.33 Å². The molecule has 2 aromatic rings. The molecule has 0 spiro atoms. The van der Waals surface area contributed by atoms with E-state index in [0.717, 1.165) is 15.5 Å². The van der Waals surface area contributed by atoms with Gasteiger partial charge in [-0.1, -0.05) is 0 Å². The number of aromatic nitrogens is 3. The van der Waals surface area contributed by atoms with Crippen LogP contribution in [0.2, 0.25) is 0 Å². The number of rotatable bonds is 0. The van der Waals surface area contributed by atoms with Crippen LogP contribution in [0.5, 0.6) is 0 Å². The maximum atomic E-state index is 5.82. The van der Waals surface area contributed by atoms with Crippen molar-refractivity contribution >= 4 is 32.8 Å². The van der Waals surface area contributed by atoms with Crippen molar-refractivity contribution in [3.8, 4) is 0 Å². The van der Waals surface area contributed by atoms with Crippen LogP contribution in [0.3, 0.4) is 0 Å². The van der Waals surface area contributed by atoms with Gasteiger partial charge >= 0.3 is 0 Å². The number of nitrogens with two attached hydrogens (primary N) is 1. The van der Waals surface area contributed by atoms with Crippen molar-refractivity contribution in [3.63, 3.8) is 0 Å². The van der Waals surface area contributed by atoms with E-state index in [4.69, 9.17) is 5.73 Å². The zero-order chi connectivity index (χ0) is 11.2. The third kappa shape index (κ3) is 1.61. The largest absolute Gasteiger partial charge is 0.383 e. The Morgan fingerprint density at radius 1 is 1.33 bits per heavy atom. The van der Waals surface area contributed by atoms with Crippen LogP contribution < -0.4 is 5.73 Å². The molecule has 80 valence electrons. The molecule has 0 saturated heterocycles. The first-order chi connectivity index (χ1) is 6.91. The van der Waals surface area contributed by atoms with E-state index in [1.54, 1.807) is 0 Å². The van der Waals surface area contributed by atoms with Gasteiger partial charge in [-0.3, -0.25) is 0 Å². The average Bonchev–Trinajstić information content (AvgIpc) is 2.44. The van der Waals surface area contributed by atoms with E-state index in [0.29, 0.717) is 5.82 Å². The van der Waals surface area contributed by atoms with Gasteiger partial charge in [0.1, 0.15) is 17.8 Å². The standard InChI is InChI=1S/C10H13BrN4/c1-10(2,3)15-4-6(11)7-8(12)13-5-14-9(7)15/h4-5H,1-3H3,(H2,12,13,14). The molecule has 0 bridgehead atoms. The molecule has 5 heteroatoms. The van der Waals surface area contributed by atoms with Crippen molar-refractivity contribution in [1.82, 2.24) is 14.5 Å². The van der Waals surface area contributed by atoms with Gasteiger partial charge in [-0.05, 0) is 36.7 Å². The van der Waals surface area contributed by atoms with Crippen molar-refractivity contribution < 1.29 is 0 Å². The fourth-order valence-electron chi connectivity index (χ4n) is 1.55. The smallest absolute Gasteiger partial charge is 0.147 e. The number of hydrogen-bond acceptors (Lipinski definition) is 3. The lowest BCUT2D eigenvalue weighted by Gasteiger charge is -2.21. The van der Waals surface area contributed by atoms with Crippen LogP contribution in [0.15, 0.2) is 17.0 Å². The predicted molar refractivity (Wildman–Crippen MR) is 64.6 cm³/mol. The first kappa shape index (κ1) is 10.4. The molecule has 0 unspecified atom stereocenters. The highest BCUT2D eigenvalue weighted by molar-refractivity contribution is 9.10. The zero-order valence-electron chi connectivity index (χ0n) is 8.95. The van der Waals surface area contributed by atoms with Crippen molar-refractivity contribution in [2.75, 3.05) is 5.73 Å². The molecule has 0 aromatic carbocycles. The minimum atomic E-state index is -0.0228. The highest BCUT2D eigenvalue weighted by Crippen LogP contribution is 2.31. The molecule has 0 aliphatic rings.